The minimum Gasteiger partial charge on any atom is -0.481 e. The Morgan fingerprint density at radius 2 is 2.14 bits per heavy atom. The van der Waals surface area contributed by atoms with Gasteiger partial charge in [-0.1, -0.05) is 0 Å². The summed E-state index contributed by atoms with van der Waals surface area (Å²) >= 11 is 0. The summed E-state index contributed by atoms with van der Waals surface area (Å²) in [6.45, 7) is 2.40. The fraction of sp³-hybridized carbons (Fsp3) is 0.500. The van der Waals surface area contributed by atoms with Gasteiger partial charge >= 0.3 is 11.7 Å². The zero-order chi connectivity index (χ0) is 15.6. The molecule has 0 amide bonds. The largest absolute Gasteiger partial charge is 0.481 e. The summed E-state index contributed by atoms with van der Waals surface area (Å²) < 4.78 is 2.42. The second kappa shape index (κ2) is 5.81. The van der Waals surface area contributed by atoms with Gasteiger partial charge in [-0.05, 0) is 13.3 Å². The standard InChI is InChI=1S/C12H17N5O4/c1-3-17-10(20)8-9(16(2)12(17)21)15-11(14-8)13-6-4-5-7(18)19/h3-6H2,1-2H3,(H,18,19)(H2,13,14,15). The minimum absolute atomic E-state index is 0.0500. The van der Waals surface area contributed by atoms with Gasteiger partial charge in [0.05, 0.1) is 0 Å². The first kappa shape index (κ1) is 14.8. The number of carboxylic acids is 1. The Kier molecular flexibility index (Phi) is 4.10. The molecule has 0 saturated heterocycles. The third kappa shape index (κ3) is 2.81. The quantitative estimate of drug-likeness (QED) is 0.630. The van der Waals surface area contributed by atoms with E-state index in [1.165, 1.54) is 4.57 Å². The number of hydrogen-bond acceptors (Lipinski definition) is 5. The number of nitrogens with one attached hydrogen (secondary N) is 2. The molecule has 0 spiro atoms. The van der Waals surface area contributed by atoms with E-state index in [0.717, 1.165) is 4.57 Å². The number of carboxylic acid groups (broad SMARTS) is 1. The van der Waals surface area contributed by atoms with E-state index in [4.69, 9.17) is 5.11 Å². The zero-order valence-electron chi connectivity index (χ0n) is 11.8. The van der Waals surface area contributed by atoms with Gasteiger partial charge in [-0.2, -0.15) is 4.98 Å². The number of rotatable bonds is 6. The first-order valence-corrected chi connectivity index (χ1v) is 6.61. The molecule has 0 fully saturated rings. The van der Waals surface area contributed by atoms with Crippen molar-refractivity contribution in [3.8, 4) is 0 Å². The highest BCUT2D eigenvalue weighted by atomic mass is 16.4. The molecule has 2 rings (SSSR count). The number of anilines is 1. The number of aromatic amines is 1. The molecule has 0 radical (unpaired) electrons. The summed E-state index contributed by atoms with van der Waals surface area (Å²) in [4.78, 5) is 41.5. The third-order valence-corrected chi connectivity index (χ3v) is 3.16. The Balaban J connectivity index is 2.32. The molecule has 0 aliphatic heterocycles. The van der Waals surface area contributed by atoms with Crippen LogP contribution < -0.4 is 16.6 Å². The maximum atomic E-state index is 12.1. The van der Waals surface area contributed by atoms with Crippen molar-refractivity contribution in [2.45, 2.75) is 26.3 Å². The summed E-state index contributed by atoms with van der Waals surface area (Å²) in [6.07, 6.45) is 0.485. The van der Waals surface area contributed by atoms with Crippen LogP contribution in [-0.2, 0) is 18.4 Å². The van der Waals surface area contributed by atoms with Crippen LogP contribution in [0.15, 0.2) is 9.59 Å². The average Bonchev–Trinajstić information content (AvgIpc) is 2.86. The monoisotopic (exact) mass is 295 g/mol. The van der Waals surface area contributed by atoms with Crippen molar-refractivity contribution in [2.75, 3.05) is 11.9 Å². The van der Waals surface area contributed by atoms with E-state index in [1.807, 2.05) is 0 Å². The van der Waals surface area contributed by atoms with Crippen LogP contribution in [-0.4, -0.2) is 36.7 Å². The summed E-state index contributed by atoms with van der Waals surface area (Å²) in [7, 11) is 1.55. The molecule has 3 N–H and O–H groups in total. The van der Waals surface area contributed by atoms with Gasteiger partial charge in [-0.25, -0.2) is 4.79 Å². The van der Waals surface area contributed by atoms with Crippen LogP contribution in [0.5, 0.6) is 0 Å². The summed E-state index contributed by atoms with van der Waals surface area (Å²) in [6, 6.07) is 0. The van der Waals surface area contributed by atoms with Crippen LogP contribution in [0.1, 0.15) is 19.8 Å². The molecule has 9 heteroatoms. The minimum atomic E-state index is -0.866. The number of fused-ring (bicyclic) bond motifs is 1. The van der Waals surface area contributed by atoms with Crippen molar-refractivity contribution in [2.24, 2.45) is 7.05 Å². The van der Waals surface area contributed by atoms with Gasteiger partial charge in [-0.15, -0.1) is 0 Å². The first-order valence-electron chi connectivity index (χ1n) is 6.61. The molecule has 0 atom stereocenters. The Morgan fingerprint density at radius 1 is 1.43 bits per heavy atom. The lowest BCUT2D eigenvalue weighted by Gasteiger charge is -2.03. The predicted octanol–water partition coefficient (Wildman–Crippen LogP) is -0.280. The lowest BCUT2D eigenvalue weighted by atomic mass is 10.3. The third-order valence-electron chi connectivity index (χ3n) is 3.16. The molecule has 114 valence electrons. The van der Waals surface area contributed by atoms with Crippen molar-refractivity contribution in [1.29, 1.82) is 0 Å². The van der Waals surface area contributed by atoms with E-state index in [-0.39, 0.29) is 24.1 Å². The number of aliphatic carboxylic acids is 1. The lowest BCUT2D eigenvalue weighted by Crippen LogP contribution is -2.38. The Morgan fingerprint density at radius 3 is 2.76 bits per heavy atom. The number of nitrogens with zero attached hydrogens (tertiary/aromatic N) is 3. The maximum Gasteiger partial charge on any atom is 0.332 e. The topological polar surface area (TPSA) is 122 Å². The van der Waals surface area contributed by atoms with E-state index < -0.39 is 17.2 Å². The summed E-state index contributed by atoms with van der Waals surface area (Å²) in [5.74, 6) is -0.522. The fourth-order valence-electron chi connectivity index (χ4n) is 2.06. The molecule has 0 aromatic carbocycles. The van der Waals surface area contributed by atoms with Crippen molar-refractivity contribution in [3.63, 3.8) is 0 Å². The number of aromatic nitrogens is 4. The number of H-pyrrole nitrogens is 1. The van der Waals surface area contributed by atoms with E-state index >= 15 is 0 Å². The van der Waals surface area contributed by atoms with E-state index in [9.17, 15) is 14.4 Å². The Labute approximate surface area is 119 Å². The number of hydrogen-bond donors (Lipinski definition) is 3. The number of aryl methyl sites for hydroxylation is 1. The highest BCUT2D eigenvalue weighted by Crippen LogP contribution is 2.08. The molecule has 2 aromatic heterocycles. The highest BCUT2D eigenvalue weighted by molar-refractivity contribution is 5.72. The van der Waals surface area contributed by atoms with Crippen LogP contribution in [0.4, 0.5) is 5.95 Å². The van der Waals surface area contributed by atoms with Crippen LogP contribution >= 0.6 is 0 Å². The van der Waals surface area contributed by atoms with Gasteiger partial charge < -0.3 is 15.4 Å². The summed E-state index contributed by atoms with van der Waals surface area (Å²) in [5.41, 5.74) is -0.310. The second-order valence-corrected chi connectivity index (χ2v) is 4.60. The highest BCUT2D eigenvalue weighted by Gasteiger charge is 2.14. The summed E-state index contributed by atoms with van der Waals surface area (Å²) in [5, 5.41) is 11.5. The molecule has 0 aliphatic carbocycles. The van der Waals surface area contributed by atoms with Crippen LogP contribution in [0.2, 0.25) is 0 Å². The van der Waals surface area contributed by atoms with E-state index in [1.54, 1.807) is 14.0 Å². The molecule has 9 nitrogen and oxygen atoms in total. The molecule has 0 unspecified atom stereocenters. The molecule has 0 saturated carbocycles. The molecule has 0 bridgehead atoms. The Bertz CT molecular complexity index is 785. The molecular formula is C12H17N5O4. The van der Waals surface area contributed by atoms with E-state index in [0.29, 0.717) is 18.9 Å². The normalized spacial score (nSPS) is 11.0. The zero-order valence-corrected chi connectivity index (χ0v) is 11.8. The van der Waals surface area contributed by atoms with Crippen molar-refractivity contribution in [1.82, 2.24) is 19.1 Å². The molecular weight excluding hydrogens is 278 g/mol. The van der Waals surface area contributed by atoms with E-state index in [2.05, 4.69) is 15.3 Å². The van der Waals surface area contributed by atoms with Crippen LogP contribution in [0, 0.1) is 0 Å². The molecule has 2 heterocycles. The maximum absolute atomic E-state index is 12.1. The molecule has 21 heavy (non-hydrogen) atoms. The number of imidazole rings is 1. The predicted molar refractivity (Wildman–Crippen MR) is 76.6 cm³/mol. The first-order chi connectivity index (χ1) is 9.95. The Hall–Kier alpha value is -2.58. The molecule has 2 aromatic rings. The van der Waals surface area contributed by atoms with Crippen molar-refractivity contribution in [3.05, 3.63) is 20.8 Å². The smallest absolute Gasteiger partial charge is 0.332 e. The SMILES string of the molecule is CCn1c(=O)c2[nH]c(NCCCC(=O)O)nc2n(C)c1=O. The van der Waals surface area contributed by atoms with Gasteiger partial charge in [0.25, 0.3) is 5.56 Å². The van der Waals surface area contributed by atoms with Gasteiger partial charge in [0.2, 0.25) is 5.95 Å². The van der Waals surface area contributed by atoms with Gasteiger partial charge in [0, 0.05) is 26.6 Å². The fourth-order valence-corrected chi connectivity index (χ4v) is 2.06. The van der Waals surface area contributed by atoms with Gasteiger partial charge in [0.15, 0.2) is 11.2 Å². The van der Waals surface area contributed by atoms with Crippen LogP contribution in [0.3, 0.4) is 0 Å². The van der Waals surface area contributed by atoms with Crippen molar-refractivity contribution < 1.29 is 9.90 Å². The van der Waals surface area contributed by atoms with Gasteiger partial charge in [0.1, 0.15) is 0 Å². The number of carbonyl (C=O) groups is 1. The average molecular weight is 295 g/mol. The van der Waals surface area contributed by atoms with Gasteiger partial charge in [-0.3, -0.25) is 18.7 Å². The van der Waals surface area contributed by atoms with Crippen molar-refractivity contribution >= 4 is 23.1 Å². The lowest BCUT2D eigenvalue weighted by molar-refractivity contribution is -0.137. The second-order valence-electron chi connectivity index (χ2n) is 4.60. The van der Waals surface area contributed by atoms with Crippen LogP contribution in [0.25, 0.3) is 11.2 Å². The molecule has 0 aliphatic rings.